The Morgan fingerprint density at radius 3 is 2.45 bits per heavy atom. The maximum atomic E-state index is 12.8. The molecule has 22 heavy (non-hydrogen) atoms. The van der Waals surface area contributed by atoms with Gasteiger partial charge in [0, 0.05) is 18.8 Å². The van der Waals surface area contributed by atoms with Gasteiger partial charge >= 0.3 is 12.2 Å². The van der Waals surface area contributed by atoms with E-state index in [1.165, 1.54) is 24.0 Å². The third-order valence-corrected chi connectivity index (χ3v) is 5.64. The molecule has 0 aliphatic carbocycles. The molecule has 0 spiro atoms. The first-order valence-corrected chi connectivity index (χ1v) is 8.30. The van der Waals surface area contributed by atoms with E-state index in [0.29, 0.717) is 0 Å². The number of amides is 2. The number of carbonyl (C=O) groups excluding carboxylic acids is 1. The summed E-state index contributed by atoms with van der Waals surface area (Å²) in [5.74, 6) is -0.0238. The van der Waals surface area contributed by atoms with Crippen LogP contribution in [0.3, 0.4) is 0 Å². The van der Waals surface area contributed by atoms with Crippen LogP contribution < -0.4 is 5.32 Å². The zero-order valence-corrected chi connectivity index (χ0v) is 12.5. The Hall–Kier alpha value is -1.77. The molecule has 122 valence electrons. The number of hydrogen-bond donors (Lipinski definition) is 1. The number of rotatable bonds is 3. The molecule has 2 rings (SSSR count). The lowest BCUT2D eigenvalue weighted by atomic mass is 10.1. The van der Waals surface area contributed by atoms with Gasteiger partial charge in [-0.15, -0.1) is 0 Å². The SMILES string of the molecule is CCS(=O)(=O)C1CN(C(=O)Nc2ccccc2C(F)(F)F)C1. The van der Waals surface area contributed by atoms with Gasteiger partial charge in [0.25, 0.3) is 0 Å². The van der Waals surface area contributed by atoms with Crippen LogP contribution in [-0.4, -0.2) is 43.4 Å². The number of hydrogen-bond acceptors (Lipinski definition) is 3. The number of anilines is 1. The summed E-state index contributed by atoms with van der Waals surface area (Å²) < 4.78 is 61.6. The number of sulfone groups is 1. The Labute approximate surface area is 126 Å². The van der Waals surface area contributed by atoms with Crippen LogP contribution in [0.2, 0.25) is 0 Å². The first-order valence-electron chi connectivity index (χ1n) is 6.59. The molecule has 0 aromatic heterocycles. The monoisotopic (exact) mass is 336 g/mol. The maximum absolute atomic E-state index is 12.8. The fourth-order valence-corrected chi connectivity index (χ4v) is 3.39. The van der Waals surface area contributed by atoms with Gasteiger partial charge in [-0.3, -0.25) is 0 Å². The molecular formula is C13H15F3N2O3S. The molecule has 1 saturated heterocycles. The van der Waals surface area contributed by atoms with E-state index in [-0.39, 0.29) is 24.5 Å². The van der Waals surface area contributed by atoms with Crippen molar-refractivity contribution in [1.82, 2.24) is 4.90 Å². The van der Waals surface area contributed by atoms with Gasteiger partial charge in [-0.05, 0) is 12.1 Å². The van der Waals surface area contributed by atoms with Gasteiger partial charge in [-0.2, -0.15) is 13.2 Å². The van der Waals surface area contributed by atoms with Crippen LogP contribution in [0.5, 0.6) is 0 Å². The normalized spacial score (nSPS) is 16.3. The Balaban J connectivity index is 2.04. The maximum Gasteiger partial charge on any atom is 0.418 e. The molecule has 9 heteroatoms. The molecule has 2 amide bonds. The van der Waals surface area contributed by atoms with Crippen molar-refractivity contribution < 1.29 is 26.4 Å². The van der Waals surface area contributed by atoms with Crippen LogP contribution in [0.25, 0.3) is 0 Å². The molecule has 1 N–H and O–H groups in total. The molecular weight excluding hydrogens is 321 g/mol. The van der Waals surface area contributed by atoms with Gasteiger partial charge in [0.1, 0.15) is 0 Å². The molecule has 0 atom stereocenters. The fraction of sp³-hybridized carbons (Fsp3) is 0.462. The molecule has 0 unspecified atom stereocenters. The number of nitrogens with one attached hydrogen (secondary N) is 1. The number of para-hydroxylation sites is 1. The van der Waals surface area contributed by atoms with Gasteiger partial charge in [-0.25, -0.2) is 13.2 Å². The summed E-state index contributed by atoms with van der Waals surface area (Å²) in [6.45, 7) is 1.50. The molecule has 0 saturated carbocycles. The third kappa shape index (κ3) is 3.34. The van der Waals surface area contributed by atoms with Crippen molar-refractivity contribution in [3.63, 3.8) is 0 Å². The van der Waals surface area contributed by atoms with Crippen LogP contribution in [0, 0.1) is 0 Å². The number of likely N-dealkylation sites (tertiary alicyclic amines) is 1. The number of urea groups is 1. The zero-order chi connectivity index (χ0) is 16.5. The van der Waals surface area contributed by atoms with Gasteiger partial charge in [0.15, 0.2) is 9.84 Å². The van der Waals surface area contributed by atoms with E-state index in [0.717, 1.165) is 12.1 Å². The third-order valence-electron chi connectivity index (χ3n) is 3.52. The number of halogens is 3. The summed E-state index contributed by atoms with van der Waals surface area (Å²) in [7, 11) is -3.23. The second-order valence-corrected chi connectivity index (χ2v) is 7.52. The lowest BCUT2D eigenvalue weighted by Gasteiger charge is -2.38. The molecule has 1 aliphatic heterocycles. The average Bonchev–Trinajstić information content (AvgIpc) is 2.36. The Bertz CT molecular complexity index is 667. The van der Waals surface area contributed by atoms with E-state index in [1.54, 1.807) is 0 Å². The van der Waals surface area contributed by atoms with Crippen molar-refractivity contribution in [2.75, 3.05) is 24.2 Å². The molecule has 1 aliphatic rings. The summed E-state index contributed by atoms with van der Waals surface area (Å²) >= 11 is 0. The number of carbonyl (C=O) groups is 1. The van der Waals surface area contributed by atoms with Crippen LogP contribution in [0.15, 0.2) is 24.3 Å². The summed E-state index contributed by atoms with van der Waals surface area (Å²) in [4.78, 5) is 13.1. The standard InChI is InChI=1S/C13H15F3N2O3S/c1-2-22(20,21)9-7-18(8-9)12(19)17-11-6-4-3-5-10(11)13(14,15)16/h3-6,9H,2,7-8H2,1H3,(H,17,19). The van der Waals surface area contributed by atoms with E-state index in [9.17, 15) is 26.4 Å². The van der Waals surface area contributed by atoms with Crippen molar-refractivity contribution in [1.29, 1.82) is 0 Å². The predicted octanol–water partition coefficient (Wildman–Crippen LogP) is 2.36. The first kappa shape index (κ1) is 16.6. The molecule has 0 radical (unpaired) electrons. The highest BCUT2D eigenvalue weighted by Gasteiger charge is 2.39. The summed E-state index contributed by atoms with van der Waals surface area (Å²) in [5, 5.41) is 1.54. The topological polar surface area (TPSA) is 66.5 Å². The Kier molecular flexibility index (Phi) is 4.37. The summed E-state index contributed by atoms with van der Waals surface area (Å²) in [6, 6.07) is 3.90. The van der Waals surface area contributed by atoms with Gasteiger partial charge in [0.05, 0.1) is 16.5 Å². The van der Waals surface area contributed by atoms with Crippen LogP contribution in [0.1, 0.15) is 12.5 Å². The second-order valence-electron chi connectivity index (χ2n) is 4.95. The minimum absolute atomic E-state index is 0.00378. The Morgan fingerprint density at radius 1 is 1.32 bits per heavy atom. The largest absolute Gasteiger partial charge is 0.418 e. The molecule has 0 bridgehead atoms. The minimum Gasteiger partial charge on any atom is -0.322 e. The molecule has 1 aromatic rings. The highest BCUT2D eigenvalue weighted by molar-refractivity contribution is 7.92. The highest BCUT2D eigenvalue weighted by Crippen LogP contribution is 2.34. The van der Waals surface area contributed by atoms with Crippen molar-refractivity contribution in [3.05, 3.63) is 29.8 Å². The lowest BCUT2D eigenvalue weighted by Crippen LogP contribution is -2.58. The summed E-state index contributed by atoms with van der Waals surface area (Å²) in [6.07, 6.45) is -4.58. The Morgan fingerprint density at radius 2 is 1.91 bits per heavy atom. The zero-order valence-electron chi connectivity index (χ0n) is 11.7. The highest BCUT2D eigenvalue weighted by atomic mass is 32.2. The van der Waals surface area contributed by atoms with Crippen LogP contribution >= 0.6 is 0 Å². The van der Waals surface area contributed by atoms with E-state index < -0.39 is 32.9 Å². The van der Waals surface area contributed by atoms with Crippen molar-refractivity contribution >= 4 is 21.6 Å². The van der Waals surface area contributed by atoms with E-state index in [4.69, 9.17) is 0 Å². The van der Waals surface area contributed by atoms with Crippen LogP contribution in [0.4, 0.5) is 23.7 Å². The lowest BCUT2D eigenvalue weighted by molar-refractivity contribution is -0.136. The predicted molar refractivity (Wildman–Crippen MR) is 75.3 cm³/mol. The minimum atomic E-state index is -4.58. The van der Waals surface area contributed by atoms with Crippen molar-refractivity contribution in [2.24, 2.45) is 0 Å². The molecule has 1 fully saturated rings. The van der Waals surface area contributed by atoms with Gasteiger partial charge < -0.3 is 10.2 Å². The quantitative estimate of drug-likeness (QED) is 0.921. The van der Waals surface area contributed by atoms with Crippen molar-refractivity contribution in [3.8, 4) is 0 Å². The van der Waals surface area contributed by atoms with Crippen molar-refractivity contribution in [2.45, 2.75) is 18.3 Å². The second kappa shape index (κ2) is 5.79. The molecule has 1 heterocycles. The first-order chi connectivity index (χ1) is 10.1. The van der Waals surface area contributed by atoms with E-state index >= 15 is 0 Å². The van der Waals surface area contributed by atoms with E-state index in [1.807, 2.05) is 0 Å². The number of benzene rings is 1. The van der Waals surface area contributed by atoms with Gasteiger partial charge in [-0.1, -0.05) is 19.1 Å². The fourth-order valence-electron chi connectivity index (χ4n) is 2.10. The number of alkyl halides is 3. The molecule has 5 nitrogen and oxygen atoms in total. The summed E-state index contributed by atoms with van der Waals surface area (Å²) in [5.41, 5.74) is -1.29. The van der Waals surface area contributed by atoms with E-state index in [2.05, 4.69) is 5.32 Å². The smallest absolute Gasteiger partial charge is 0.322 e. The van der Waals surface area contributed by atoms with Gasteiger partial charge in [0.2, 0.25) is 0 Å². The molecule has 1 aromatic carbocycles. The average molecular weight is 336 g/mol. The number of nitrogens with zero attached hydrogens (tertiary/aromatic N) is 1. The van der Waals surface area contributed by atoms with Crippen LogP contribution in [-0.2, 0) is 16.0 Å².